The zero-order chi connectivity index (χ0) is 79.9. The number of azo groups is 3. The lowest BCUT2D eigenvalue weighted by atomic mass is 10.2. The minimum atomic E-state index is -0.360. The molecule has 6 aromatic heterocycles. The zero-order valence-corrected chi connectivity index (χ0v) is 65.2. The minimum Gasteiger partial charge on any atom is -0.382 e. The number of nitrogens with zero attached hydrogens (tertiary/aromatic N) is 20. The Hall–Kier alpha value is -13.7. The first-order chi connectivity index (χ1) is 55.1. The Kier molecular flexibility index (Phi) is 24.8. The van der Waals surface area contributed by atoms with E-state index in [4.69, 9.17) is 16.5 Å². The van der Waals surface area contributed by atoms with Crippen molar-refractivity contribution >= 4 is 166 Å². The average Bonchev–Trinajstić information content (AvgIpc) is 1.61. The van der Waals surface area contributed by atoms with Gasteiger partial charge in [-0.05, 0) is 207 Å². The van der Waals surface area contributed by atoms with Crippen LogP contribution in [-0.4, -0.2) is 129 Å². The van der Waals surface area contributed by atoms with E-state index in [0.717, 1.165) is 56.3 Å². The number of carbonyl (C=O) groups excluding carboxylic acids is 3. The van der Waals surface area contributed by atoms with E-state index >= 15 is 0 Å². The third-order valence-electron chi connectivity index (χ3n) is 18.9. The van der Waals surface area contributed by atoms with E-state index in [1.54, 1.807) is 73.6 Å². The summed E-state index contributed by atoms with van der Waals surface area (Å²) >= 11 is 0. The number of hydrogen-bond donors (Lipinski definition) is 10. The van der Waals surface area contributed by atoms with Crippen LogP contribution in [0.25, 0.3) is 33.5 Å². The summed E-state index contributed by atoms with van der Waals surface area (Å²) in [6.07, 6.45) is 12.4. The number of hydrogen-bond acceptors (Lipinski definition) is 27. The molecule has 12 N–H and O–H groups in total. The number of imidazole rings is 3. The fourth-order valence-electron chi connectivity index (χ4n) is 13.2. The van der Waals surface area contributed by atoms with E-state index in [0.29, 0.717) is 104 Å². The van der Waals surface area contributed by atoms with Gasteiger partial charge in [-0.1, -0.05) is 0 Å². The molecule has 588 valence electrons. The van der Waals surface area contributed by atoms with Crippen LogP contribution in [0.1, 0.15) is 119 Å². The van der Waals surface area contributed by atoms with Gasteiger partial charge in [0.25, 0.3) is 5.56 Å². The maximum Gasteiger partial charge on any atom is 0.280 e. The molecule has 34 heteroatoms. The van der Waals surface area contributed by atoms with Crippen LogP contribution < -0.4 is 68.9 Å². The molecule has 114 heavy (non-hydrogen) atoms. The van der Waals surface area contributed by atoms with Gasteiger partial charge in [-0.25, -0.2) is 15.0 Å². The number of H-pyrrole nitrogens is 1. The van der Waals surface area contributed by atoms with E-state index in [1.807, 2.05) is 77.8 Å². The Morgan fingerprint density at radius 2 is 0.754 bits per heavy atom. The van der Waals surface area contributed by atoms with Gasteiger partial charge in [-0.3, -0.25) is 24.2 Å². The van der Waals surface area contributed by atoms with E-state index in [1.165, 1.54) is 76.4 Å². The Balaban J connectivity index is 0.000000149. The van der Waals surface area contributed by atoms with Gasteiger partial charge in [0.2, 0.25) is 35.6 Å². The van der Waals surface area contributed by atoms with Crippen LogP contribution in [-0.2, 0) is 14.4 Å². The molecule has 3 saturated heterocycles. The first kappa shape index (κ1) is 78.5. The van der Waals surface area contributed by atoms with E-state index in [-0.39, 0.29) is 64.6 Å². The van der Waals surface area contributed by atoms with Crippen LogP contribution in [0.5, 0.6) is 0 Å². The Morgan fingerprint density at radius 1 is 0.421 bits per heavy atom. The van der Waals surface area contributed by atoms with Crippen molar-refractivity contribution in [1.29, 1.82) is 0 Å². The molecule has 3 amide bonds. The second kappa shape index (κ2) is 36.0. The number of benzene rings is 6. The fraction of sp³-hybridized carbons (Fsp3) is 0.325. The Labute approximate surface area is 658 Å². The van der Waals surface area contributed by atoms with Crippen LogP contribution in [0, 0.1) is 0 Å². The third kappa shape index (κ3) is 19.5. The molecule has 0 saturated carbocycles. The standard InChI is InChI=1S/C28H35N11O.C26H30N10O.C26H29N9O2/c1-18(2)39-17-31-25-26(30-13-12-29)34-28(35-27(25)39)33-24-16-21(8-11-23(24)32-19(3)40)37-36-20-6-9-22(10-7-20)38-14-4-5-15-38;1-16(2)36-15-28-23-24(27)31-26(32-25(23)36)30-22-14-19(8-11-21(22)29-17(3)37)34-33-18-6-9-20(10-7-18)35-12-4-5-13-35;1-16(2)35-15-27-23-24(35)30-26(31-25(23)37)29-22-14-19(8-11-21(22)28-17(3)36)33-32-18-6-9-20(10-7-18)34-12-4-5-13-34/h6-11,16-18H,4-5,12-15,29H2,1-3H3,(H,32,40)(H2,30,33,34,35);6-11,14-16H,4-5,12-13H2,1-3H3,(H,29,37)(H3,27,30,31,32);6-11,14-16H,4-5,12-13H2,1-3H3,(H,28,36)(H2,29,30,31,37). The minimum absolute atomic E-state index is 0.0789. The number of nitrogens with two attached hydrogens (primary N) is 2. The highest BCUT2D eigenvalue weighted by molar-refractivity contribution is 5.96. The van der Waals surface area contributed by atoms with Crippen LogP contribution in [0.3, 0.4) is 0 Å². The summed E-state index contributed by atoms with van der Waals surface area (Å²) in [5.74, 6) is 1.05. The van der Waals surface area contributed by atoms with E-state index in [2.05, 4.69) is 173 Å². The number of aromatic amines is 1. The molecule has 0 unspecified atom stereocenters. The Bertz CT molecular complexity index is 5550. The third-order valence-corrected chi connectivity index (χ3v) is 18.9. The van der Waals surface area contributed by atoms with Gasteiger partial charge < -0.3 is 77.1 Å². The Morgan fingerprint density at radius 3 is 1.13 bits per heavy atom. The molecule has 0 atom stereocenters. The molecule has 6 aromatic carbocycles. The lowest BCUT2D eigenvalue weighted by Gasteiger charge is -2.17. The molecule has 9 heterocycles. The van der Waals surface area contributed by atoms with E-state index < -0.39 is 0 Å². The van der Waals surface area contributed by atoms with Crippen molar-refractivity contribution in [2.75, 3.05) is 110 Å². The van der Waals surface area contributed by atoms with Crippen LogP contribution in [0.15, 0.2) is 182 Å². The van der Waals surface area contributed by atoms with Gasteiger partial charge in [0, 0.05) is 108 Å². The highest BCUT2D eigenvalue weighted by Gasteiger charge is 2.22. The van der Waals surface area contributed by atoms with Crippen LogP contribution in [0.2, 0.25) is 0 Å². The average molecular weight is 1540 g/mol. The highest BCUT2D eigenvalue weighted by atomic mass is 16.2. The summed E-state index contributed by atoms with van der Waals surface area (Å²) in [5.41, 5.74) is 25.7. The SMILES string of the molecule is CC(=O)Nc1ccc(N=Nc2ccc(N3CCCC3)cc2)cc1Nc1nc(N)c2ncn(C(C)C)c2n1.CC(=O)Nc1ccc(N=Nc2ccc(N3CCCC3)cc2)cc1Nc1nc(NCCN)c2ncn(C(C)C)c2n1.CC(=O)Nc1ccc(N=Nc2ccc(N3CCCC3)cc2)cc1Nc1nc2c(ncn2C(C)C)c(=O)[nH]1. The van der Waals surface area contributed by atoms with Crippen LogP contribution >= 0.6 is 0 Å². The molecule has 0 bridgehead atoms. The predicted molar refractivity (Wildman–Crippen MR) is 450 cm³/mol. The zero-order valence-electron chi connectivity index (χ0n) is 65.2. The molecule has 12 aromatic rings. The van der Waals surface area contributed by atoms with Crippen molar-refractivity contribution in [3.05, 3.63) is 157 Å². The lowest BCUT2D eigenvalue weighted by molar-refractivity contribution is -0.115. The maximum atomic E-state index is 12.6. The molecule has 0 aliphatic carbocycles. The number of carbonyl (C=O) groups is 3. The summed E-state index contributed by atoms with van der Waals surface area (Å²) in [5, 5.41) is 47.7. The number of fused-ring (bicyclic) bond motifs is 3. The second-order valence-electron chi connectivity index (χ2n) is 28.6. The van der Waals surface area contributed by atoms with Crippen molar-refractivity contribution in [2.45, 2.75) is 119 Å². The van der Waals surface area contributed by atoms with Gasteiger partial charge in [0.05, 0.1) is 87.2 Å². The van der Waals surface area contributed by atoms with Crippen molar-refractivity contribution in [2.24, 2.45) is 36.4 Å². The van der Waals surface area contributed by atoms with Gasteiger partial charge in [0.15, 0.2) is 39.6 Å². The normalized spacial score (nSPS) is 13.6. The van der Waals surface area contributed by atoms with Crippen molar-refractivity contribution < 1.29 is 14.4 Å². The molecular weight excluding hydrogens is 1450 g/mol. The molecular formula is C80H94N30O4. The molecule has 34 nitrogen and oxygen atoms in total. The van der Waals surface area contributed by atoms with Gasteiger partial charge >= 0.3 is 0 Å². The molecule has 0 radical (unpaired) electrons. The lowest BCUT2D eigenvalue weighted by Crippen LogP contribution is -2.17. The summed E-state index contributed by atoms with van der Waals surface area (Å²) in [7, 11) is 0. The largest absolute Gasteiger partial charge is 0.382 e. The van der Waals surface area contributed by atoms with Crippen molar-refractivity contribution in [3.63, 3.8) is 0 Å². The van der Waals surface area contributed by atoms with Crippen molar-refractivity contribution in [3.8, 4) is 0 Å². The molecule has 3 fully saturated rings. The number of nitrogen functional groups attached to an aromatic ring is 1. The van der Waals surface area contributed by atoms with Crippen LogP contribution in [0.4, 0.5) is 115 Å². The quantitative estimate of drug-likeness (QED) is 0.0251. The van der Waals surface area contributed by atoms with E-state index in [9.17, 15) is 19.2 Å². The molecule has 15 rings (SSSR count). The molecule has 3 aliphatic rings. The van der Waals surface area contributed by atoms with Gasteiger partial charge in [0.1, 0.15) is 5.52 Å². The number of nitrogens with one attached hydrogen (secondary N) is 8. The first-order valence-corrected chi connectivity index (χ1v) is 38.2. The molecule has 0 spiro atoms. The van der Waals surface area contributed by atoms with Crippen molar-refractivity contribution in [1.82, 2.24) is 58.6 Å². The van der Waals surface area contributed by atoms with Gasteiger partial charge in [-0.2, -0.15) is 55.6 Å². The smallest absolute Gasteiger partial charge is 0.280 e. The first-order valence-electron chi connectivity index (χ1n) is 38.2. The topological polar surface area (TPSA) is 422 Å². The number of anilines is 14. The molecule has 3 aliphatic heterocycles. The summed E-state index contributed by atoms with van der Waals surface area (Å²) in [6, 6.07) is 40.5. The predicted octanol–water partition coefficient (Wildman–Crippen LogP) is 16.6. The number of rotatable bonds is 24. The summed E-state index contributed by atoms with van der Waals surface area (Å²) < 4.78 is 5.72. The second-order valence-corrected chi connectivity index (χ2v) is 28.6. The van der Waals surface area contributed by atoms with Gasteiger partial charge in [-0.15, -0.1) is 0 Å². The maximum absolute atomic E-state index is 12.6. The number of amides is 3. The monoisotopic (exact) mass is 1540 g/mol. The fourth-order valence-corrected chi connectivity index (χ4v) is 13.2. The number of aromatic nitrogens is 12. The highest BCUT2D eigenvalue weighted by Crippen LogP contribution is 2.37. The summed E-state index contributed by atoms with van der Waals surface area (Å²) in [6.45, 7) is 24.0. The summed E-state index contributed by atoms with van der Waals surface area (Å²) in [4.78, 5) is 93.9.